The van der Waals surface area contributed by atoms with Crippen LogP contribution in [0, 0.1) is 5.92 Å². The third kappa shape index (κ3) is 4.77. The number of hydrogen-bond donors (Lipinski definition) is 4. The van der Waals surface area contributed by atoms with E-state index >= 15 is 0 Å². The zero-order valence-corrected chi connectivity index (χ0v) is 13.2. The third-order valence-electron chi connectivity index (χ3n) is 3.22. The SMILES string of the molecule is CC(CC(=O)Oc1ccc(O)c(O)c1)C(=O)Oc1ccc(O)c(O)c1. The maximum atomic E-state index is 11.9. The molecule has 0 aliphatic carbocycles. The van der Waals surface area contributed by atoms with Gasteiger partial charge in [0.1, 0.15) is 11.5 Å². The van der Waals surface area contributed by atoms with Gasteiger partial charge in [-0.05, 0) is 24.3 Å². The molecule has 0 aliphatic rings. The van der Waals surface area contributed by atoms with Crippen molar-refractivity contribution in [3.05, 3.63) is 36.4 Å². The summed E-state index contributed by atoms with van der Waals surface area (Å²) in [6.07, 6.45) is -0.287. The summed E-state index contributed by atoms with van der Waals surface area (Å²) in [5.41, 5.74) is 0. The largest absolute Gasteiger partial charge is 0.504 e. The second kappa shape index (κ2) is 7.43. The van der Waals surface area contributed by atoms with Crippen molar-refractivity contribution in [2.24, 2.45) is 5.92 Å². The molecule has 0 bridgehead atoms. The van der Waals surface area contributed by atoms with Gasteiger partial charge in [-0.1, -0.05) is 6.92 Å². The Morgan fingerprint density at radius 2 is 1.32 bits per heavy atom. The molecule has 2 aromatic rings. The van der Waals surface area contributed by atoms with Crippen molar-refractivity contribution < 1.29 is 39.5 Å². The molecule has 2 rings (SSSR count). The normalized spacial score (nSPS) is 11.6. The number of carbonyl (C=O) groups excluding carboxylic acids is 2. The summed E-state index contributed by atoms with van der Waals surface area (Å²) >= 11 is 0. The van der Waals surface area contributed by atoms with E-state index in [2.05, 4.69) is 0 Å². The molecule has 0 fully saturated rings. The minimum absolute atomic E-state index is 0.0176. The quantitative estimate of drug-likeness (QED) is 0.366. The number of esters is 2. The van der Waals surface area contributed by atoms with Crippen LogP contribution in [0.5, 0.6) is 34.5 Å². The topological polar surface area (TPSA) is 134 Å². The van der Waals surface area contributed by atoms with Gasteiger partial charge in [0, 0.05) is 12.1 Å². The van der Waals surface area contributed by atoms with Crippen LogP contribution < -0.4 is 9.47 Å². The maximum Gasteiger partial charge on any atom is 0.314 e. The van der Waals surface area contributed by atoms with Crippen LogP contribution in [0.15, 0.2) is 36.4 Å². The molecule has 8 nitrogen and oxygen atoms in total. The average Bonchev–Trinajstić information content (AvgIpc) is 2.54. The fourth-order valence-corrected chi connectivity index (χ4v) is 1.86. The van der Waals surface area contributed by atoms with Crippen molar-refractivity contribution >= 4 is 11.9 Å². The first-order valence-electron chi connectivity index (χ1n) is 7.22. The van der Waals surface area contributed by atoms with Crippen LogP contribution in [0.1, 0.15) is 13.3 Å². The lowest BCUT2D eigenvalue weighted by molar-refractivity contribution is -0.144. The maximum absolute atomic E-state index is 11.9. The summed E-state index contributed by atoms with van der Waals surface area (Å²) in [6.45, 7) is 1.46. The van der Waals surface area contributed by atoms with Crippen LogP contribution >= 0.6 is 0 Å². The first-order chi connectivity index (χ1) is 11.8. The highest BCUT2D eigenvalue weighted by Gasteiger charge is 2.21. The van der Waals surface area contributed by atoms with E-state index in [1.807, 2.05) is 0 Å². The van der Waals surface area contributed by atoms with E-state index in [1.165, 1.54) is 19.1 Å². The fourth-order valence-electron chi connectivity index (χ4n) is 1.86. The number of rotatable bonds is 5. The van der Waals surface area contributed by atoms with Gasteiger partial charge in [0.05, 0.1) is 12.3 Å². The molecule has 0 amide bonds. The Kier molecular flexibility index (Phi) is 5.33. The average molecular weight is 348 g/mol. The van der Waals surface area contributed by atoms with Crippen molar-refractivity contribution in [3.8, 4) is 34.5 Å². The Morgan fingerprint density at radius 3 is 1.80 bits per heavy atom. The van der Waals surface area contributed by atoms with Crippen molar-refractivity contribution in [1.29, 1.82) is 0 Å². The van der Waals surface area contributed by atoms with Gasteiger partial charge in [0.15, 0.2) is 23.0 Å². The first-order valence-corrected chi connectivity index (χ1v) is 7.22. The zero-order chi connectivity index (χ0) is 18.6. The van der Waals surface area contributed by atoms with Gasteiger partial charge in [0.25, 0.3) is 0 Å². The summed E-state index contributed by atoms with van der Waals surface area (Å²) in [6, 6.07) is 7.03. The Balaban J connectivity index is 1.92. The molecule has 132 valence electrons. The lowest BCUT2D eigenvalue weighted by atomic mass is 10.1. The smallest absolute Gasteiger partial charge is 0.314 e. The highest BCUT2D eigenvalue weighted by Crippen LogP contribution is 2.30. The van der Waals surface area contributed by atoms with E-state index in [9.17, 15) is 30.0 Å². The molecule has 0 spiro atoms. The van der Waals surface area contributed by atoms with Crippen LogP contribution in [0.3, 0.4) is 0 Å². The van der Waals surface area contributed by atoms with Gasteiger partial charge < -0.3 is 29.9 Å². The molecule has 8 heteroatoms. The number of benzene rings is 2. The van der Waals surface area contributed by atoms with E-state index in [-0.39, 0.29) is 29.4 Å². The molecule has 1 unspecified atom stereocenters. The van der Waals surface area contributed by atoms with Gasteiger partial charge in [-0.25, -0.2) is 0 Å². The van der Waals surface area contributed by atoms with E-state index in [1.54, 1.807) is 0 Å². The second-order valence-corrected chi connectivity index (χ2v) is 5.30. The van der Waals surface area contributed by atoms with E-state index in [0.717, 1.165) is 24.3 Å². The minimum atomic E-state index is -0.839. The van der Waals surface area contributed by atoms with Gasteiger partial charge in [-0.3, -0.25) is 9.59 Å². The van der Waals surface area contributed by atoms with E-state index in [0.29, 0.717) is 0 Å². The van der Waals surface area contributed by atoms with Gasteiger partial charge in [0.2, 0.25) is 0 Å². The summed E-state index contributed by atoms with van der Waals surface area (Å²) in [4.78, 5) is 23.8. The number of hydrogen-bond acceptors (Lipinski definition) is 8. The van der Waals surface area contributed by atoms with Crippen LogP contribution in [0.2, 0.25) is 0 Å². The summed E-state index contributed by atoms with van der Waals surface area (Å²) in [5, 5.41) is 37.1. The molecular weight excluding hydrogens is 332 g/mol. The number of carbonyl (C=O) groups is 2. The van der Waals surface area contributed by atoms with Gasteiger partial charge in [-0.15, -0.1) is 0 Å². The van der Waals surface area contributed by atoms with Crippen LogP contribution in [0.25, 0.3) is 0 Å². The predicted molar refractivity (Wildman–Crippen MR) is 84.6 cm³/mol. The molecule has 0 saturated carbocycles. The Morgan fingerprint density at radius 1 is 0.840 bits per heavy atom. The number of phenols is 4. The Hall–Kier alpha value is -3.42. The fraction of sp³-hybridized carbons (Fsp3) is 0.176. The molecule has 2 aromatic carbocycles. The monoisotopic (exact) mass is 348 g/mol. The van der Waals surface area contributed by atoms with Gasteiger partial charge >= 0.3 is 11.9 Å². The Labute approximate surface area is 142 Å². The summed E-state index contributed by atoms with van der Waals surface area (Å²) in [7, 11) is 0. The standard InChI is InChI=1S/C17H16O8/c1-9(17(23)25-11-3-5-13(19)15(21)8-11)6-16(22)24-10-2-4-12(18)14(20)7-10/h2-5,7-9,18-21H,6H2,1H3. The number of ether oxygens (including phenoxy) is 2. The third-order valence-corrected chi connectivity index (χ3v) is 3.22. The van der Waals surface area contributed by atoms with Crippen molar-refractivity contribution in [1.82, 2.24) is 0 Å². The van der Waals surface area contributed by atoms with Crippen LogP contribution in [-0.4, -0.2) is 32.4 Å². The zero-order valence-electron chi connectivity index (χ0n) is 13.2. The molecule has 0 aromatic heterocycles. The number of phenolic OH excluding ortho intramolecular Hbond substituents is 4. The lowest BCUT2D eigenvalue weighted by Crippen LogP contribution is -2.22. The molecule has 0 aliphatic heterocycles. The summed E-state index contributed by atoms with van der Waals surface area (Å²) < 4.78 is 9.97. The van der Waals surface area contributed by atoms with Crippen LogP contribution in [-0.2, 0) is 9.59 Å². The van der Waals surface area contributed by atoms with Gasteiger partial charge in [-0.2, -0.15) is 0 Å². The van der Waals surface area contributed by atoms with E-state index < -0.39 is 29.4 Å². The molecule has 0 radical (unpaired) electrons. The van der Waals surface area contributed by atoms with Crippen molar-refractivity contribution in [3.63, 3.8) is 0 Å². The molecule has 1 atom stereocenters. The summed E-state index contributed by atoms with van der Waals surface area (Å²) in [5.74, 6) is -3.85. The first kappa shape index (κ1) is 17.9. The molecule has 4 N–H and O–H groups in total. The minimum Gasteiger partial charge on any atom is -0.504 e. The van der Waals surface area contributed by atoms with Crippen molar-refractivity contribution in [2.45, 2.75) is 13.3 Å². The Bertz CT molecular complexity index is 799. The highest BCUT2D eigenvalue weighted by molar-refractivity contribution is 5.82. The molecule has 0 heterocycles. The van der Waals surface area contributed by atoms with Crippen LogP contribution in [0.4, 0.5) is 0 Å². The number of aromatic hydroxyl groups is 4. The second-order valence-electron chi connectivity index (χ2n) is 5.30. The molecular formula is C17H16O8. The molecule has 25 heavy (non-hydrogen) atoms. The van der Waals surface area contributed by atoms with E-state index in [4.69, 9.17) is 9.47 Å². The molecule has 0 saturated heterocycles. The highest BCUT2D eigenvalue weighted by atomic mass is 16.5. The van der Waals surface area contributed by atoms with Crippen molar-refractivity contribution in [2.75, 3.05) is 0 Å². The lowest BCUT2D eigenvalue weighted by Gasteiger charge is -2.11. The predicted octanol–water partition coefficient (Wildman–Crippen LogP) is 2.05.